The summed E-state index contributed by atoms with van der Waals surface area (Å²) in [5, 5.41) is 3.57. The van der Waals surface area contributed by atoms with Crippen LogP contribution in [0.25, 0.3) is 0 Å². The van der Waals surface area contributed by atoms with Gasteiger partial charge in [0.05, 0.1) is 0 Å². The molecule has 0 bridgehead atoms. The molecule has 1 aliphatic heterocycles. The van der Waals surface area contributed by atoms with Crippen LogP contribution in [-0.4, -0.2) is 13.1 Å². The molecule has 1 saturated heterocycles. The molecule has 1 heterocycles. The Balaban J connectivity index is 1.95. The van der Waals surface area contributed by atoms with Crippen LogP contribution in [0.2, 0.25) is 0 Å². The molecule has 1 N–H and O–H groups in total. The van der Waals surface area contributed by atoms with E-state index in [0.29, 0.717) is 16.7 Å². The second-order valence-electron chi connectivity index (χ2n) is 8.28. The molecule has 1 nitrogen and oxygen atoms in total. The third-order valence-corrected chi connectivity index (χ3v) is 5.65. The first-order valence-electron chi connectivity index (χ1n) is 8.36. The lowest BCUT2D eigenvalue weighted by molar-refractivity contribution is 0.00500. The van der Waals surface area contributed by atoms with Crippen molar-refractivity contribution in [2.75, 3.05) is 13.1 Å². The third-order valence-electron chi connectivity index (χ3n) is 5.65. The molecule has 0 amide bonds. The zero-order chi connectivity index (χ0) is 15.1. The first-order valence-corrected chi connectivity index (χ1v) is 8.36. The van der Waals surface area contributed by atoms with Gasteiger partial charge in [0.2, 0.25) is 0 Å². The summed E-state index contributed by atoms with van der Waals surface area (Å²) in [6.45, 7) is 9.42. The van der Waals surface area contributed by atoms with Crippen molar-refractivity contribution in [1.29, 1.82) is 0 Å². The van der Waals surface area contributed by atoms with Crippen LogP contribution in [0, 0.1) is 22.6 Å². The SMILES string of the molecule is CC1CC(C)(C)CC2(CCNCC2c2ccc(F)cc2)C1. The van der Waals surface area contributed by atoms with E-state index in [-0.39, 0.29) is 5.82 Å². The van der Waals surface area contributed by atoms with E-state index in [9.17, 15) is 4.39 Å². The van der Waals surface area contributed by atoms with Crippen LogP contribution in [0.15, 0.2) is 24.3 Å². The molecular formula is C19H28FN. The van der Waals surface area contributed by atoms with E-state index in [0.717, 1.165) is 19.0 Å². The highest BCUT2D eigenvalue weighted by Crippen LogP contribution is 2.57. The van der Waals surface area contributed by atoms with E-state index in [2.05, 4.69) is 26.1 Å². The van der Waals surface area contributed by atoms with Crippen LogP contribution in [0.5, 0.6) is 0 Å². The molecule has 2 heteroatoms. The molecule has 0 radical (unpaired) electrons. The Hall–Kier alpha value is -0.890. The molecule has 21 heavy (non-hydrogen) atoms. The minimum atomic E-state index is -0.131. The lowest BCUT2D eigenvalue weighted by Crippen LogP contribution is -2.49. The molecule has 1 aliphatic carbocycles. The molecule has 1 aromatic carbocycles. The molecule has 1 spiro atoms. The molecule has 1 saturated carbocycles. The normalized spacial score (nSPS) is 35.8. The number of hydrogen-bond donors (Lipinski definition) is 1. The average Bonchev–Trinajstić information content (AvgIpc) is 2.38. The highest BCUT2D eigenvalue weighted by atomic mass is 19.1. The third kappa shape index (κ3) is 3.01. The molecular weight excluding hydrogens is 261 g/mol. The van der Waals surface area contributed by atoms with Gasteiger partial charge in [0.15, 0.2) is 0 Å². The summed E-state index contributed by atoms with van der Waals surface area (Å²) >= 11 is 0. The van der Waals surface area contributed by atoms with Gasteiger partial charge in [-0.25, -0.2) is 4.39 Å². The fourth-order valence-electron chi connectivity index (χ4n) is 5.40. The van der Waals surface area contributed by atoms with Crippen molar-refractivity contribution in [3.05, 3.63) is 35.6 Å². The summed E-state index contributed by atoms with van der Waals surface area (Å²) in [6, 6.07) is 7.24. The van der Waals surface area contributed by atoms with Crippen molar-refractivity contribution in [3.63, 3.8) is 0 Å². The van der Waals surface area contributed by atoms with Gasteiger partial charge >= 0.3 is 0 Å². The number of hydrogen-bond acceptors (Lipinski definition) is 1. The minimum Gasteiger partial charge on any atom is -0.316 e. The molecule has 3 atom stereocenters. The van der Waals surface area contributed by atoms with Crippen LogP contribution in [-0.2, 0) is 0 Å². The second kappa shape index (κ2) is 5.39. The number of piperidine rings is 1. The largest absolute Gasteiger partial charge is 0.316 e. The Labute approximate surface area is 128 Å². The van der Waals surface area contributed by atoms with Crippen LogP contribution in [0.4, 0.5) is 4.39 Å². The predicted molar refractivity (Wildman–Crippen MR) is 85.9 cm³/mol. The first-order chi connectivity index (χ1) is 9.90. The van der Waals surface area contributed by atoms with Gasteiger partial charge in [-0.15, -0.1) is 0 Å². The molecule has 3 rings (SSSR count). The summed E-state index contributed by atoms with van der Waals surface area (Å²) in [4.78, 5) is 0. The van der Waals surface area contributed by atoms with Gasteiger partial charge < -0.3 is 5.32 Å². The summed E-state index contributed by atoms with van der Waals surface area (Å²) < 4.78 is 13.3. The lowest BCUT2D eigenvalue weighted by Gasteiger charge is -2.54. The van der Waals surface area contributed by atoms with Gasteiger partial charge in [0.1, 0.15) is 5.82 Å². The number of benzene rings is 1. The van der Waals surface area contributed by atoms with Crippen molar-refractivity contribution in [2.24, 2.45) is 16.7 Å². The monoisotopic (exact) mass is 289 g/mol. The topological polar surface area (TPSA) is 12.0 Å². The second-order valence-corrected chi connectivity index (χ2v) is 8.28. The molecule has 116 valence electrons. The van der Waals surface area contributed by atoms with Crippen LogP contribution in [0.3, 0.4) is 0 Å². The average molecular weight is 289 g/mol. The van der Waals surface area contributed by atoms with E-state index < -0.39 is 0 Å². The standard InChI is InChI=1S/C19H28FN/c1-14-10-18(2,3)13-19(11-14)8-9-21-12-17(19)15-4-6-16(20)7-5-15/h4-7,14,17,21H,8-13H2,1-3H3. The Morgan fingerprint density at radius 2 is 1.86 bits per heavy atom. The smallest absolute Gasteiger partial charge is 0.123 e. The molecule has 2 fully saturated rings. The summed E-state index contributed by atoms with van der Waals surface area (Å²) in [7, 11) is 0. The summed E-state index contributed by atoms with van der Waals surface area (Å²) in [5.74, 6) is 1.18. The first kappa shape index (κ1) is 15.0. The quantitative estimate of drug-likeness (QED) is 0.787. The Morgan fingerprint density at radius 3 is 2.52 bits per heavy atom. The van der Waals surface area contributed by atoms with E-state index in [1.807, 2.05) is 12.1 Å². The predicted octanol–water partition coefficient (Wildman–Crippen LogP) is 4.74. The van der Waals surface area contributed by atoms with Crippen LogP contribution >= 0.6 is 0 Å². The lowest BCUT2D eigenvalue weighted by atomic mass is 9.53. The van der Waals surface area contributed by atoms with Crippen molar-refractivity contribution in [3.8, 4) is 0 Å². The minimum absolute atomic E-state index is 0.131. The van der Waals surface area contributed by atoms with Crippen molar-refractivity contribution >= 4 is 0 Å². The van der Waals surface area contributed by atoms with E-state index in [1.54, 1.807) is 12.1 Å². The zero-order valence-corrected chi connectivity index (χ0v) is 13.6. The molecule has 3 unspecified atom stereocenters. The van der Waals surface area contributed by atoms with Crippen LogP contribution in [0.1, 0.15) is 57.9 Å². The van der Waals surface area contributed by atoms with Crippen molar-refractivity contribution in [1.82, 2.24) is 5.32 Å². The highest BCUT2D eigenvalue weighted by Gasteiger charge is 2.48. The maximum absolute atomic E-state index is 13.3. The summed E-state index contributed by atoms with van der Waals surface area (Å²) in [6.07, 6.45) is 5.20. The van der Waals surface area contributed by atoms with Crippen molar-refractivity contribution in [2.45, 2.75) is 52.4 Å². The van der Waals surface area contributed by atoms with Gasteiger partial charge in [-0.05, 0) is 66.7 Å². The fraction of sp³-hybridized carbons (Fsp3) is 0.684. The van der Waals surface area contributed by atoms with Gasteiger partial charge in [0.25, 0.3) is 0 Å². The van der Waals surface area contributed by atoms with Gasteiger partial charge in [-0.2, -0.15) is 0 Å². The van der Waals surface area contributed by atoms with Crippen LogP contribution < -0.4 is 5.32 Å². The van der Waals surface area contributed by atoms with Gasteiger partial charge in [-0.1, -0.05) is 32.9 Å². The number of nitrogens with one attached hydrogen (secondary N) is 1. The Bertz CT molecular complexity index is 493. The number of rotatable bonds is 1. The zero-order valence-electron chi connectivity index (χ0n) is 13.6. The van der Waals surface area contributed by atoms with Crippen molar-refractivity contribution < 1.29 is 4.39 Å². The number of halogens is 1. The van der Waals surface area contributed by atoms with Gasteiger partial charge in [0, 0.05) is 12.5 Å². The van der Waals surface area contributed by atoms with E-state index in [1.165, 1.54) is 31.2 Å². The maximum Gasteiger partial charge on any atom is 0.123 e. The van der Waals surface area contributed by atoms with Gasteiger partial charge in [-0.3, -0.25) is 0 Å². The van der Waals surface area contributed by atoms with E-state index in [4.69, 9.17) is 0 Å². The fourth-order valence-corrected chi connectivity index (χ4v) is 5.40. The Morgan fingerprint density at radius 1 is 1.14 bits per heavy atom. The molecule has 0 aromatic heterocycles. The summed E-state index contributed by atoms with van der Waals surface area (Å²) in [5.41, 5.74) is 2.13. The Kier molecular flexibility index (Phi) is 3.85. The highest BCUT2D eigenvalue weighted by molar-refractivity contribution is 5.25. The maximum atomic E-state index is 13.3. The molecule has 2 aliphatic rings. The molecule has 1 aromatic rings. The van der Waals surface area contributed by atoms with E-state index >= 15 is 0 Å².